The van der Waals surface area contributed by atoms with E-state index in [0.29, 0.717) is 47.4 Å². The summed E-state index contributed by atoms with van der Waals surface area (Å²) in [6.45, 7) is 2.25. The van der Waals surface area contributed by atoms with Crippen molar-refractivity contribution >= 4 is 23.1 Å². The number of nitrogens with zero attached hydrogens (tertiary/aromatic N) is 4. The lowest BCUT2D eigenvalue weighted by atomic mass is 10.1. The van der Waals surface area contributed by atoms with Gasteiger partial charge < -0.3 is 15.7 Å². The van der Waals surface area contributed by atoms with E-state index in [2.05, 4.69) is 25.6 Å². The van der Waals surface area contributed by atoms with E-state index in [1.54, 1.807) is 31.3 Å². The van der Waals surface area contributed by atoms with Gasteiger partial charge in [-0.2, -0.15) is 4.98 Å². The van der Waals surface area contributed by atoms with Gasteiger partial charge in [0.15, 0.2) is 0 Å². The molecule has 28 heavy (non-hydrogen) atoms. The minimum Gasteiger partial charge on any atom is -0.396 e. The minimum atomic E-state index is -0.415. The monoisotopic (exact) mass is 380 g/mol. The third-order valence-electron chi connectivity index (χ3n) is 4.04. The second-order valence-electron chi connectivity index (χ2n) is 6.01. The summed E-state index contributed by atoms with van der Waals surface area (Å²) in [5.74, 6) is 0.855. The molecule has 0 unspecified atom stereocenters. The maximum absolute atomic E-state index is 11.2. The molecule has 0 amide bonds. The molecule has 0 aliphatic carbocycles. The Bertz CT molecular complexity index is 965. The highest BCUT2D eigenvalue weighted by Crippen LogP contribution is 2.28. The van der Waals surface area contributed by atoms with Gasteiger partial charge in [0.2, 0.25) is 5.95 Å². The lowest BCUT2D eigenvalue weighted by Gasteiger charge is -2.12. The molecule has 9 nitrogen and oxygen atoms in total. The van der Waals surface area contributed by atoms with Gasteiger partial charge >= 0.3 is 0 Å². The highest BCUT2D eigenvalue weighted by atomic mass is 16.6. The molecular weight excluding hydrogens is 360 g/mol. The number of aliphatic hydroxyl groups is 1. The Labute approximate surface area is 161 Å². The van der Waals surface area contributed by atoms with Crippen molar-refractivity contribution in [3.63, 3.8) is 0 Å². The minimum absolute atomic E-state index is 0.0327. The largest absolute Gasteiger partial charge is 0.396 e. The molecule has 0 fully saturated rings. The number of nitrogens with one attached hydrogen (secondary N) is 2. The fraction of sp³-hybridized carbons (Fsp3) is 0.211. The molecule has 2 aromatic heterocycles. The van der Waals surface area contributed by atoms with Crippen molar-refractivity contribution in [2.45, 2.75) is 13.3 Å². The average Bonchev–Trinajstić information content (AvgIpc) is 2.70. The molecule has 3 aromatic rings. The van der Waals surface area contributed by atoms with E-state index in [0.717, 1.165) is 0 Å². The number of nitro groups is 1. The first-order chi connectivity index (χ1) is 13.6. The van der Waals surface area contributed by atoms with Gasteiger partial charge in [-0.15, -0.1) is 0 Å². The second kappa shape index (κ2) is 8.87. The lowest BCUT2D eigenvalue weighted by Crippen LogP contribution is -2.09. The molecule has 2 heterocycles. The van der Waals surface area contributed by atoms with Gasteiger partial charge in [-0.3, -0.25) is 15.1 Å². The Balaban J connectivity index is 1.97. The van der Waals surface area contributed by atoms with Gasteiger partial charge in [-0.25, -0.2) is 4.98 Å². The van der Waals surface area contributed by atoms with Gasteiger partial charge in [0.1, 0.15) is 5.82 Å². The maximum atomic E-state index is 11.2. The SMILES string of the molecule is Cc1c(Nc2cc(-c3ccccn3)nc(NCCCO)n2)cccc1[N+](=O)[O-]. The number of aliphatic hydroxyl groups excluding tert-OH is 1. The van der Waals surface area contributed by atoms with Crippen LogP contribution in [-0.4, -0.2) is 38.1 Å². The molecule has 0 aliphatic heterocycles. The summed E-state index contributed by atoms with van der Waals surface area (Å²) >= 11 is 0. The highest BCUT2D eigenvalue weighted by molar-refractivity contribution is 5.69. The van der Waals surface area contributed by atoms with E-state index in [1.807, 2.05) is 18.2 Å². The van der Waals surface area contributed by atoms with Crippen LogP contribution in [-0.2, 0) is 0 Å². The van der Waals surface area contributed by atoms with Crippen molar-refractivity contribution in [3.8, 4) is 11.4 Å². The molecular formula is C19H20N6O3. The molecule has 0 saturated carbocycles. The molecule has 9 heteroatoms. The van der Waals surface area contributed by atoms with Crippen LogP contribution in [0.3, 0.4) is 0 Å². The van der Waals surface area contributed by atoms with Crippen molar-refractivity contribution in [3.05, 3.63) is 64.3 Å². The van der Waals surface area contributed by atoms with Gasteiger partial charge in [0.25, 0.3) is 5.69 Å². The number of nitro benzene ring substituents is 1. The molecule has 3 rings (SSSR count). The van der Waals surface area contributed by atoms with Crippen molar-refractivity contribution in [2.75, 3.05) is 23.8 Å². The summed E-state index contributed by atoms with van der Waals surface area (Å²) < 4.78 is 0. The number of pyridine rings is 1. The highest BCUT2D eigenvalue weighted by Gasteiger charge is 2.15. The Morgan fingerprint density at radius 3 is 2.71 bits per heavy atom. The fourth-order valence-electron chi connectivity index (χ4n) is 2.61. The number of anilines is 3. The Morgan fingerprint density at radius 1 is 1.14 bits per heavy atom. The molecule has 0 bridgehead atoms. The van der Waals surface area contributed by atoms with Gasteiger partial charge in [0.05, 0.1) is 21.9 Å². The predicted molar refractivity (Wildman–Crippen MR) is 107 cm³/mol. The van der Waals surface area contributed by atoms with Crippen molar-refractivity contribution in [2.24, 2.45) is 0 Å². The van der Waals surface area contributed by atoms with Crippen LogP contribution in [0.2, 0.25) is 0 Å². The van der Waals surface area contributed by atoms with E-state index in [9.17, 15) is 10.1 Å². The second-order valence-corrected chi connectivity index (χ2v) is 6.01. The van der Waals surface area contributed by atoms with Gasteiger partial charge in [0, 0.05) is 37.2 Å². The summed E-state index contributed by atoms with van der Waals surface area (Å²) in [5.41, 5.74) is 2.41. The Morgan fingerprint density at radius 2 is 2.00 bits per heavy atom. The van der Waals surface area contributed by atoms with Crippen LogP contribution in [0.15, 0.2) is 48.7 Å². The van der Waals surface area contributed by atoms with Gasteiger partial charge in [-0.05, 0) is 31.5 Å². The van der Waals surface area contributed by atoms with Gasteiger partial charge in [-0.1, -0.05) is 12.1 Å². The number of benzene rings is 1. The smallest absolute Gasteiger partial charge is 0.274 e. The molecule has 0 spiro atoms. The molecule has 1 aromatic carbocycles. The summed E-state index contributed by atoms with van der Waals surface area (Å²) in [5, 5.41) is 26.4. The zero-order valence-corrected chi connectivity index (χ0v) is 15.3. The summed E-state index contributed by atoms with van der Waals surface area (Å²) in [6.07, 6.45) is 2.23. The van der Waals surface area contributed by atoms with Crippen LogP contribution < -0.4 is 10.6 Å². The molecule has 144 valence electrons. The Hall–Kier alpha value is -3.59. The topological polar surface area (TPSA) is 126 Å². The zero-order chi connectivity index (χ0) is 19.9. The number of hydrogen-bond donors (Lipinski definition) is 3. The standard InChI is InChI=1S/C19H20N6O3/c1-13-14(7-4-8-17(13)25(27)28)22-18-12-16(15-6-2-3-9-20-15)23-19(24-18)21-10-5-11-26/h2-4,6-9,12,26H,5,10-11H2,1H3,(H2,21,22,23,24). The van der Waals surface area contributed by atoms with Crippen LogP contribution >= 0.6 is 0 Å². The van der Waals surface area contributed by atoms with Crippen LogP contribution in [0.1, 0.15) is 12.0 Å². The third-order valence-corrected chi connectivity index (χ3v) is 4.04. The fourth-order valence-corrected chi connectivity index (χ4v) is 2.61. The average molecular weight is 380 g/mol. The summed E-state index contributed by atoms with van der Waals surface area (Å²) in [6, 6.07) is 12.1. The molecule has 3 N–H and O–H groups in total. The van der Waals surface area contributed by atoms with E-state index in [4.69, 9.17) is 5.11 Å². The van der Waals surface area contributed by atoms with Crippen molar-refractivity contribution in [1.82, 2.24) is 15.0 Å². The maximum Gasteiger partial charge on any atom is 0.274 e. The van der Waals surface area contributed by atoms with Crippen LogP contribution in [0.25, 0.3) is 11.4 Å². The molecule has 0 aliphatic rings. The first-order valence-corrected chi connectivity index (χ1v) is 8.74. The number of hydrogen-bond acceptors (Lipinski definition) is 8. The van der Waals surface area contributed by atoms with E-state index in [-0.39, 0.29) is 12.3 Å². The predicted octanol–water partition coefficient (Wildman–Crippen LogP) is 3.29. The Kier molecular flexibility index (Phi) is 6.07. The van der Waals surface area contributed by atoms with Crippen molar-refractivity contribution < 1.29 is 10.0 Å². The third kappa shape index (κ3) is 4.57. The molecule has 0 radical (unpaired) electrons. The first kappa shape index (κ1) is 19.2. The number of rotatable bonds is 8. The first-order valence-electron chi connectivity index (χ1n) is 8.74. The van der Waals surface area contributed by atoms with E-state index >= 15 is 0 Å². The zero-order valence-electron chi connectivity index (χ0n) is 15.3. The normalized spacial score (nSPS) is 10.5. The molecule has 0 atom stereocenters. The van der Waals surface area contributed by atoms with E-state index < -0.39 is 4.92 Å². The van der Waals surface area contributed by atoms with Crippen LogP contribution in [0.4, 0.5) is 23.1 Å². The number of aromatic nitrogens is 3. The quantitative estimate of drug-likeness (QED) is 0.309. The van der Waals surface area contributed by atoms with E-state index in [1.165, 1.54) is 6.07 Å². The summed E-state index contributed by atoms with van der Waals surface area (Å²) in [4.78, 5) is 24.0. The van der Waals surface area contributed by atoms with Crippen LogP contribution in [0.5, 0.6) is 0 Å². The van der Waals surface area contributed by atoms with Crippen LogP contribution in [0, 0.1) is 17.0 Å². The van der Waals surface area contributed by atoms with Crippen molar-refractivity contribution in [1.29, 1.82) is 0 Å². The summed E-state index contributed by atoms with van der Waals surface area (Å²) in [7, 11) is 0. The lowest BCUT2D eigenvalue weighted by molar-refractivity contribution is -0.385. The molecule has 0 saturated heterocycles.